The quantitative estimate of drug-likeness (QED) is 0.797. The van der Waals surface area contributed by atoms with Crippen LogP contribution < -0.4 is 10.1 Å². The first-order valence-corrected chi connectivity index (χ1v) is 6.42. The number of nitrogens with one attached hydrogen (secondary N) is 1. The van der Waals surface area contributed by atoms with E-state index in [-0.39, 0.29) is 5.91 Å². The summed E-state index contributed by atoms with van der Waals surface area (Å²) in [6, 6.07) is 5.30. The lowest BCUT2D eigenvalue weighted by molar-refractivity contribution is 0.0944. The predicted molar refractivity (Wildman–Crippen MR) is 74.3 cm³/mol. The summed E-state index contributed by atoms with van der Waals surface area (Å²) in [6.07, 6.45) is 0.156. The van der Waals surface area contributed by atoms with Crippen molar-refractivity contribution < 1.29 is 14.6 Å². The molecule has 0 aliphatic carbocycles. The number of amides is 1. The second kappa shape index (κ2) is 6.80. The molecular weight excluding hydrogens is 333 g/mol. The number of benzene rings is 1. The lowest BCUT2D eigenvalue weighted by Gasteiger charge is -2.09. The van der Waals surface area contributed by atoms with Gasteiger partial charge in [-0.15, -0.1) is 0 Å². The van der Waals surface area contributed by atoms with E-state index >= 15 is 0 Å². The molecule has 0 spiro atoms. The molecule has 1 rings (SSSR count). The maximum absolute atomic E-state index is 11.8. The highest BCUT2D eigenvalue weighted by atomic mass is 127. The molecule has 1 atom stereocenters. The number of rotatable bonds is 5. The Morgan fingerprint density at radius 1 is 1.59 bits per heavy atom. The van der Waals surface area contributed by atoms with Crippen LogP contribution in [0.2, 0.25) is 0 Å². The van der Waals surface area contributed by atoms with E-state index in [1.54, 1.807) is 26.2 Å². The van der Waals surface area contributed by atoms with Crippen LogP contribution in [0.25, 0.3) is 0 Å². The third kappa shape index (κ3) is 4.51. The molecule has 0 bridgehead atoms. The highest BCUT2D eigenvalue weighted by Crippen LogP contribution is 2.19. The van der Waals surface area contributed by atoms with E-state index < -0.39 is 6.10 Å². The van der Waals surface area contributed by atoms with Gasteiger partial charge in [0.2, 0.25) is 0 Å². The van der Waals surface area contributed by atoms with Gasteiger partial charge in [-0.2, -0.15) is 0 Å². The van der Waals surface area contributed by atoms with Crippen LogP contribution in [0.1, 0.15) is 23.7 Å². The summed E-state index contributed by atoms with van der Waals surface area (Å²) >= 11 is 2.10. The topological polar surface area (TPSA) is 58.6 Å². The Balaban J connectivity index is 2.63. The molecule has 2 N–H and O–H groups in total. The fourth-order valence-corrected chi connectivity index (χ4v) is 2.03. The molecule has 94 valence electrons. The lowest BCUT2D eigenvalue weighted by atomic mass is 10.2. The Bertz CT molecular complexity index is 393. The number of hydrogen-bond donors (Lipinski definition) is 2. The predicted octanol–water partition coefficient (Wildman–Crippen LogP) is 1.80. The molecule has 0 aliphatic heterocycles. The van der Waals surface area contributed by atoms with E-state index in [2.05, 4.69) is 27.9 Å². The average molecular weight is 349 g/mol. The summed E-state index contributed by atoms with van der Waals surface area (Å²) in [5, 5.41) is 11.9. The van der Waals surface area contributed by atoms with Crippen molar-refractivity contribution in [2.24, 2.45) is 0 Å². The van der Waals surface area contributed by atoms with Gasteiger partial charge in [0.05, 0.1) is 18.8 Å². The number of carbonyl (C=O) groups is 1. The van der Waals surface area contributed by atoms with Gasteiger partial charge in [0.25, 0.3) is 5.91 Å². The molecule has 0 heterocycles. The fourth-order valence-electron chi connectivity index (χ4n) is 1.30. The van der Waals surface area contributed by atoms with Crippen molar-refractivity contribution in [2.45, 2.75) is 19.4 Å². The third-order valence-electron chi connectivity index (χ3n) is 2.27. The summed E-state index contributed by atoms with van der Waals surface area (Å²) < 4.78 is 5.92. The van der Waals surface area contributed by atoms with Gasteiger partial charge in [-0.25, -0.2) is 0 Å². The standard InChI is InChI=1S/C12H16INO3/c1-8(15)5-6-14-12(16)10-4-3-9(17-2)7-11(10)13/h3-4,7-8,15H,5-6H2,1-2H3,(H,14,16). The number of hydrogen-bond acceptors (Lipinski definition) is 3. The monoisotopic (exact) mass is 349 g/mol. The maximum atomic E-state index is 11.8. The first kappa shape index (κ1) is 14.2. The van der Waals surface area contributed by atoms with Crippen molar-refractivity contribution in [3.63, 3.8) is 0 Å². The molecule has 4 nitrogen and oxygen atoms in total. The van der Waals surface area contributed by atoms with Gasteiger partial charge < -0.3 is 15.2 Å². The number of halogens is 1. The van der Waals surface area contributed by atoms with Crippen LogP contribution >= 0.6 is 22.6 Å². The SMILES string of the molecule is COc1ccc(C(=O)NCCC(C)O)c(I)c1. The molecule has 17 heavy (non-hydrogen) atoms. The molecule has 1 aromatic rings. The minimum absolute atomic E-state index is 0.127. The summed E-state index contributed by atoms with van der Waals surface area (Å²) in [5.74, 6) is 0.604. The number of methoxy groups -OCH3 is 1. The van der Waals surface area contributed by atoms with Gasteiger partial charge >= 0.3 is 0 Å². The van der Waals surface area contributed by atoms with Crippen molar-refractivity contribution in [2.75, 3.05) is 13.7 Å². The Kier molecular flexibility index (Phi) is 5.70. The van der Waals surface area contributed by atoms with Crippen LogP contribution in [-0.2, 0) is 0 Å². The average Bonchev–Trinajstić information content (AvgIpc) is 2.28. The summed E-state index contributed by atoms with van der Waals surface area (Å²) in [5.41, 5.74) is 0.622. The second-order valence-electron chi connectivity index (χ2n) is 3.74. The zero-order chi connectivity index (χ0) is 12.8. The van der Waals surface area contributed by atoms with Crippen LogP contribution in [-0.4, -0.2) is 30.8 Å². The van der Waals surface area contributed by atoms with E-state index in [1.165, 1.54) is 0 Å². The van der Waals surface area contributed by atoms with Crippen molar-refractivity contribution in [1.82, 2.24) is 5.32 Å². The number of aliphatic hydroxyl groups is 1. The zero-order valence-corrected chi connectivity index (χ0v) is 12.0. The molecule has 0 saturated carbocycles. The summed E-state index contributed by atoms with van der Waals surface area (Å²) in [6.45, 7) is 2.17. The van der Waals surface area contributed by atoms with Crippen molar-refractivity contribution in [1.29, 1.82) is 0 Å². The van der Waals surface area contributed by atoms with Crippen LogP contribution in [0.4, 0.5) is 0 Å². The first-order valence-electron chi connectivity index (χ1n) is 5.34. The Labute approximate surface area is 115 Å². The Hall–Kier alpha value is -0.820. The normalized spacial score (nSPS) is 12.0. The van der Waals surface area contributed by atoms with Crippen molar-refractivity contribution >= 4 is 28.5 Å². The number of ether oxygens (including phenoxy) is 1. The molecule has 5 heteroatoms. The first-order chi connectivity index (χ1) is 8.04. The van der Waals surface area contributed by atoms with Crippen molar-refractivity contribution in [3.8, 4) is 5.75 Å². The van der Waals surface area contributed by atoms with Crippen LogP contribution in [0, 0.1) is 3.57 Å². The van der Waals surface area contributed by atoms with E-state index in [0.29, 0.717) is 18.5 Å². The highest BCUT2D eigenvalue weighted by molar-refractivity contribution is 14.1. The Morgan fingerprint density at radius 2 is 2.29 bits per heavy atom. The fraction of sp³-hybridized carbons (Fsp3) is 0.417. The summed E-state index contributed by atoms with van der Waals surface area (Å²) in [4.78, 5) is 11.8. The van der Waals surface area contributed by atoms with Gasteiger partial charge in [-0.1, -0.05) is 0 Å². The largest absolute Gasteiger partial charge is 0.497 e. The molecule has 1 unspecified atom stereocenters. The second-order valence-corrected chi connectivity index (χ2v) is 4.90. The molecule has 0 aromatic heterocycles. The van der Waals surface area contributed by atoms with Gasteiger partial charge in [0, 0.05) is 10.1 Å². The van der Waals surface area contributed by atoms with Crippen LogP contribution in [0.15, 0.2) is 18.2 Å². The third-order valence-corrected chi connectivity index (χ3v) is 3.16. The minimum atomic E-state index is -0.398. The van der Waals surface area contributed by atoms with E-state index in [4.69, 9.17) is 9.84 Å². The van der Waals surface area contributed by atoms with Gasteiger partial charge in [0.15, 0.2) is 0 Å². The molecule has 1 aromatic carbocycles. The zero-order valence-electron chi connectivity index (χ0n) is 9.87. The number of aliphatic hydroxyl groups excluding tert-OH is 1. The number of carbonyl (C=O) groups excluding carboxylic acids is 1. The van der Waals surface area contributed by atoms with Crippen LogP contribution in [0.3, 0.4) is 0 Å². The van der Waals surface area contributed by atoms with Crippen LogP contribution in [0.5, 0.6) is 5.75 Å². The smallest absolute Gasteiger partial charge is 0.252 e. The molecular formula is C12H16INO3. The van der Waals surface area contributed by atoms with E-state index in [9.17, 15) is 4.79 Å². The molecule has 1 amide bonds. The van der Waals surface area contributed by atoms with Gasteiger partial charge in [0.1, 0.15) is 5.75 Å². The molecule has 0 fully saturated rings. The van der Waals surface area contributed by atoms with Crippen molar-refractivity contribution in [3.05, 3.63) is 27.3 Å². The van der Waals surface area contributed by atoms with Gasteiger partial charge in [-0.05, 0) is 54.1 Å². The minimum Gasteiger partial charge on any atom is -0.497 e. The summed E-state index contributed by atoms with van der Waals surface area (Å²) in [7, 11) is 1.59. The van der Waals surface area contributed by atoms with Gasteiger partial charge in [-0.3, -0.25) is 4.79 Å². The molecule has 0 aliphatic rings. The van der Waals surface area contributed by atoms with E-state index in [0.717, 1.165) is 9.32 Å². The lowest BCUT2D eigenvalue weighted by Crippen LogP contribution is -2.27. The maximum Gasteiger partial charge on any atom is 0.252 e. The van der Waals surface area contributed by atoms with E-state index in [1.807, 2.05) is 6.07 Å². The molecule has 0 radical (unpaired) electrons. The molecule has 0 saturated heterocycles. The Morgan fingerprint density at radius 3 is 2.82 bits per heavy atom. The highest BCUT2D eigenvalue weighted by Gasteiger charge is 2.10.